The predicted octanol–water partition coefficient (Wildman–Crippen LogP) is 2.38. The highest BCUT2D eigenvalue weighted by molar-refractivity contribution is 7.90. The van der Waals surface area contributed by atoms with Gasteiger partial charge in [0.2, 0.25) is 5.96 Å². The SMILES string of the molecule is CCS(=O)(=O)N=C(Nc1cccc(C(=O)OC)c1)N1CCN(c2ncnc3[nH]cc(C)c23)CC1C. The van der Waals surface area contributed by atoms with Crippen LogP contribution in [-0.4, -0.2) is 78.7 Å². The van der Waals surface area contributed by atoms with E-state index in [2.05, 4.69) is 29.6 Å². The van der Waals surface area contributed by atoms with E-state index in [-0.39, 0.29) is 17.8 Å². The molecule has 0 bridgehead atoms. The van der Waals surface area contributed by atoms with Gasteiger partial charge < -0.3 is 24.8 Å². The first-order chi connectivity index (χ1) is 16.7. The van der Waals surface area contributed by atoms with Gasteiger partial charge in [0.05, 0.1) is 23.8 Å². The Labute approximate surface area is 204 Å². The van der Waals surface area contributed by atoms with E-state index < -0.39 is 16.0 Å². The summed E-state index contributed by atoms with van der Waals surface area (Å²) in [4.78, 5) is 28.1. The number of nitrogens with one attached hydrogen (secondary N) is 2. The highest BCUT2D eigenvalue weighted by atomic mass is 32.2. The minimum atomic E-state index is -3.68. The number of H-pyrrole nitrogens is 1. The maximum Gasteiger partial charge on any atom is 0.337 e. The summed E-state index contributed by atoms with van der Waals surface area (Å²) in [6.07, 6.45) is 3.45. The number of sulfonamides is 1. The van der Waals surface area contributed by atoms with Crippen LogP contribution in [0.2, 0.25) is 0 Å². The van der Waals surface area contributed by atoms with E-state index in [4.69, 9.17) is 4.74 Å². The molecule has 1 unspecified atom stereocenters. The number of piperazine rings is 1. The third-order valence-corrected chi connectivity index (χ3v) is 7.16. The number of guanidine groups is 1. The number of anilines is 2. The molecule has 2 aromatic heterocycles. The summed E-state index contributed by atoms with van der Waals surface area (Å²) in [6.45, 7) is 7.29. The maximum atomic E-state index is 12.5. The number of hydrogen-bond acceptors (Lipinski definition) is 7. The number of esters is 1. The van der Waals surface area contributed by atoms with Crippen LogP contribution in [0.5, 0.6) is 0 Å². The van der Waals surface area contributed by atoms with Crippen molar-refractivity contribution in [1.29, 1.82) is 0 Å². The van der Waals surface area contributed by atoms with Crippen molar-refractivity contribution in [3.63, 3.8) is 0 Å². The molecule has 1 saturated heterocycles. The van der Waals surface area contributed by atoms with Crippen LogP contribution in [0.3, 0.4) is 0 Å². The number of rotatable bonds is 5. The van der Waals surface area contributed by atoms with Crippen molar-refractivity contribution in [2.24, 2.45) is 4.40 Å². The fourth-order valence-corrected chi connectivity index (χ4v) is 4.66. The monoisotopic (exact) mass is 499 g/mol. The topological polar surface area (TPSA) is 133 Å². The first kappa shape index (κ1) is 24.5. The molecular formula is C23H29N7O4S. The van der Waals surface area contributed by atoms with Crippen molar-refractivity contribution in [2.45, 2.75) is 26.8 Å². The third kappa shape index (κ3) is 5.21. The molecule has 0 spiro atoms. The van der Waals surface area contributed by atoms with Crippen LogP contribution < -0.4 is 10.2 Å². The van der Waals surface area contributed by atoms with Crippen LogP contribution in [0.15, 0.2) is 41.2 Å². The van der Waals surface area contributed by atoms with Gasteiger partial charge in [-0.15, -0.1) is 4.40 Å². The number of aromatic amines is 1. The van der Waals surface area contributed by atoms with Gasteiger partial charge in [-0.25, -0.2) is 23.2 Å². The second-order valence-electron chi connectivity index (χ2n) is 8.36. The zero-order chi connectivity index (χ0) is 25.2. The Balaban J connectivity index is 1.62. The molecule has 35 heavy (non-hydrogen) atoms. The second-order valence-corrected chi connectivity index (χ2v) is 10.3. The van der Waals surface area contributed by atoms with Gasteiger partial charge in [-0.1, -0.05) is 6.07 Å². The number of nitrogens with zero attached hydrogens (tertiary/aromatic N) is 5. The number of hydrogen-bond donors (Lipinski definition) is 2. The molecule has 1 aromatic carbocycles. The molecule has 1 aliphatic heterocycles. The van der Waals surface area contributed by atoms with Crippen LogP contribution in [0, 0.1) is 6.92 Å². The molecule has 1 fully saturated rings. The fraction of sp³-hybridized carbons (Fsp3) is 0.391. The Morgan fingerprint density at radius 2 is 2.11 bits per heavy atom. The number of carbonyl (C=O) groups is 1. The van der Waals surface area contributed by atoms with Gasteiger partial charge in [0.1, 0.15) is 17.8 Å². The standard InChI is InChI=1S/C23H29N7O4S/c1-5-35(32,33)28-23(27-18-8-6-7-17(11-18)22(31)34-4)30-10-9-29(13-16(30)3)21-19-15(2)12-24-20(19)25-14-26-21/h6-8,11-12,14,16H,5,9-10,13H2,1-4H3,(H,27,28)(H,24,25,26). The number of benzene rings is 1. The number of carbonyl (C=O) groups excluding carboxylic acids is 1. The normalized spacial score (nSPS) is 17.0. The fourth-order valence-electron chi connectivity index (χ4n) is 4.12. The van der Waals surface area contributed by atoms with Crippen molar-refractivity contribution in [2.75, 3.05) is 42.7 Å². The summed E-state index contributed by atoms with van der Waals surface area (Å²) in [5, 5.41) is 4.10. The number of fused-ring (bicyclic) bond motifs is 1. The van der Waals surface area contributed by atoms with Crippen molar-refractivity contribution < 1.29 is 17.9 Å². The molecule has 1 aliphatic rings. The molecule has 0 aliphatic carbocycles. The largest absolute Gasteiger partial charge is 0.465 e. The minimum Gasteiger partial charge on any atom is -0.465 e. The molecular weight excluding hydrogens is 470 g/mol. The van der Waals surface area contributed by atoms with E-state index >= 15 is 0 Å². The number of ether oxygens (including phenoxy) is 1. The number of methoxy groups -OCH3 is 1. The lowest BCUT2D eigenvalue weighted by Crippen LogP contribution is -2.56. The van der Waals surface area contributed by atoms with E-state index in [1.807, 2.05) is 24.9 Å². The second kappa shape index (κ2) is 9.90. The predicted molar refractivity (Wildman–Crippen MR) is 135 cm³/mol. The van der Waals surface area contributed by atoms with E-state index in [9.17, 15) is 13.2 Å². The maximum absolute atomic E-state index is 12.5. The van der Waals surface area contributed by atoms with E-state index in [0.29, 0.717) is 30.9 Å². The summed E-state index contributed by atoms with van der Waals surface area (Å²) in [7, 11) is -2.37. The highest BCUT2D eigenvalue weighted by Gasteiger charge is 2.29. The zero-order valence-corrected chi connectivity index (χ0v) is 21.0. The first-order valence-corrected chi connectivity index (χ1v) is 12.9. The average molecular weight is 500 g/mol. The molecule has 3 aromatic rings. The third-order valence-electron chi connectivity index (χ3n) is 5.98. The molecule has 0 amide bonds. The van der Waals surface area contributed by atoms with Crippen molar-refractivity contribution in [1.82, 2.24) is 19.9 Å². The van der Waals surface area contributed by atoms with Crippen LogP contribution >= 0.6 is 0 Å². The van der Waals surface area contributed by atoms with E-state index in [1.54, 1.807) is 37.5 Å². The van der Waals surface area contributed by atoms with Gasteiger partial charge in [-0.3, -0.25) is 0 Å². The van der Waals surface area contributed by atoms with Gasteiger partial charge in [-0.05, 0) is 44.5 Å². The van der Waals surface area contributed by atoms with E-state index in [1.165, 1.54) is 7.11 Å². The first-order valence-electron chi connectivity index (χ1n) is 11.3. The molecule has 11 nitrogen and oxygen atoms in total. The average Bonchev–Trinajstić information content (AvgIpc) is 3.24. The molecule has 2 N–H and O–H groups in total. The molecule has 12 heteroatoms. The number of aryl methyl sites for hydroxylation is 1. The molecule has 0 radical (unpaired) electrons. The Morgan fingerprint density at radius 3 is 2.83 bits per heavy atom. The lowest BCUT2D eigenvalue weighted by molar-refractivity contribution is 0.0600. The Hall–Kier alpha value is -3.67. The van der Waals surface area contributed by atoms with Gasteiger partial charge >= 0.3 is 5.97 Å². The van der Waals surface area contributed by atoms with Crippen molar-refractivity contribution in [3.05, 3.63) is 47.9 Å². The lowest BCUT2D eigenvalue weighted by Gasteiger charge is -2.42. The Morgan fingerprint density at radius 1 is 1.31 bits per heavy atom. The van der Waals surface area contributed by atoms with E-state index in [0.717, 1.165) is 22.4 Å². The van der Waals surface area contributed by atoms with Crippen molar-refractivity contribution in [3.8, 4) is 0 Å². The summed E-state index contributed by atoms with van der Waals surface area (Å²) < 4.78 is 33.8. The number of aromatic nitrogens is 3. The summed E-state index contributed by atoms with van der Waals surface area (Å²) in [5.74, 6) is 0.456. The van der Waals surface area contributed by atoms with Crippen LogP contribution in [-0.2, 0) is 14.8 Å². The highest BCUT2D eigenvalue weighted by Crippen LogP contribution is 2.28. The molecule has 4 rings (SSSR count). The van der Waals surface area contributed by atoms with Gasteiger partial charge in [-0.2, -0.15) is 0 Å². The van der Waals surface area contributed by atoms with Gasteiger partial charge in [0, 0.05) is 37.6 Å². The smallest absolute Gasteiger partial charge is 0.337 e. The molecule has 3 heterocycles. The van der Waals surface area contributed by atoms with Crippen LogP contribution in [0.4, 0.5) is 11.5 Å². The molecule has 1 atom stereocenters. The molecule has 186 valence electrons. The minimum absolute atomic E-state index is 0.0879. The zero-order valence-electron chi connectivity index (χ0n) is 20.1. The summed E-state index contributed by atoms with van der Waals surface area (Å²) in [5.41, 5.74) is 2.73. The summed E-state index contributed by atoms with van der Waals surface area (Å²) in [6, 6.07) is 6.58. The van der Waals surface area contributed by atoms with Gasteiger partial charge in [0.15, 0.2) is 0 Å². The summed E-state index contributed by atoms with van der Waals surface area (Å²) >= 11 is 0. The Kier molecular flexibility index (Phi) is 6.92. The quantitative estimate of drug-likeness (QED) is 0.308. The van der Waals surface area contributed by atoms with Crippen LogP contribution in [0.1, 0.15) is 29.8 Å². The van der Waals surface area contributed by atoms with Crippen molar-refractivity contribution >= 4 is 44.5 Å². The Bertz CT molecular complexity index is 1370. The lowest BCUT2D eigenvalue weighted by atomic mass is 10.1. The van der Waals surface area contributed by atoms with Crippen LogP contribution in [0.25, 0.3) is 11.0 Å². The molecule has 0 saturated carbocycles. The van der Waals surface area contributed by atoms with Gasteiger partial charge in [0.25, 0.3) is 10.0 Å².